The molecule has 322 valence electrons. The third-order valence-electron chi connectivity index (χ3n) is 14.8. The van der Waals surface area contributed by atoms with Gasteiger partial charge in [0.1, 0.15) is 11.5 Å². The van der Waals surface area contributed by atoms with Crippen LogP contribution in [-0.2, 0) is 19.5 Å². The summed E-state index contributed by atoms with van der Waals surface area (Å²) in [5.74, 6) is 2.56. The van der Waals surface area contributed by atoms with Gasteiger partial charge in [-0.2, -0.15) is 5.10 Å². The average Bonchev–Trinajstić information content (AvgIpc) is 4.21. The first-order valence-corrected chi connectivity index (χ1v) is 22.4. The summed E-state index contributed by atoms with van der Waals surface area (Å²) in [6.45, 7) is 5.25. The molecular formula is C50H56N6O6. The number of carbonyl (C=O) groups is 2. The predicted octanol–water partition coefficient (Wildman–Crippen LogP) is 9.48. The molecule has 2 aliphatic heterocycles. The molecule has 2 saturated heterocycles. The first-order valence-electron chi connectivity index (χ1n) is 22.4. The van der Waals surface area contributed by atoms with Crippen molar-refractivity contribution >= 4 is 33.9 Å². The van der Waals surface area contributed by atoms with Crippen molar-refractivity contribution in [3.63, 3.8) is 0 Å². The van der Waals surface area contributed by atoms with Crippen LogP contribution in [0, 0.1) is 30.6 Å². The van der Waals surface area contributed by atoms with E-state index in [1.165, 1.54) is 25.7 Å². The molecule has 6 aromatic rings. The number of rotatable bonds is 14. The van der Waals surface area contributed by atoms with E-state index in [-0.39, 0.29) is 17.6 Å². The Labute approximate surface area is 361 Å². The number of fused-ring (bicyclic) bond motifs is 2. The lowest BCUT2D eigenvalue weighted by Gasteiger charge is -2.40. The van der Waals surface area contributed by atoms with Crippen molar-refractivity contribution in [3.8, 4) is 11.5 Å². The summed E-state index contributed by atoms with van der Waals surface area (Å²) in [5, 5.41) is 28.8. The van der Waals surface area contributed by atoms with Crippen LogP contribution in [0.15, 0.2) is 67.1 Å². The van der Waals surface area contributed by atoms with Gasteiger partial charge in [0, 0.05) is 48.1 Å². The number of hydrogen-bond acceptors (Lipinski definition) is 8. The molecule has 0 radical (unpaired) electrons. The lowest BCUT2D eigenvalue weighted by molar-refractivity contribution is 0.0685. The molecule has 12 nitrogen and oxygen atoms in total. The van der Waals surface area contributed by atoms with Gasteiger partial charge < -0.3 is 24.7 Å². The van der Waals surface area contributed by atoms with E-state index in [1.54, 1.807) is 38.7 Å². The zero-order chi connectivity index (χ0) is 42.6. The van der Waals surface area contributed by atoms with Gasteiger partial charge in [-0.3, -0.25) is 14.9 Å². The minimum absolute atomic E-state index is 0.101. The van der Waals surface area contributed by atoms with Gasteiger partial charge in [0.15, 0.2) is 0 Å². The van der Waals surface area contributed by atoms with Gasteiger partial charge in [0.05, 0.1) is 54.4 Å². The maximum atomic E-state index is 12.9. The third kappa shape index (κ3) is 7.72. The Kier molecular flexibility index (Phi) is 10.8. The standard InChI is InChI=1S/C50H56N6O6/c1-28-18-44(61-2)40(39-24-53-54-46(28)39)25-55-16-14-34(30-6-7-30)22-43(55)35-12-13-38(50(59)60)36(19-35)20-37-23-45(62-3)41(48-47(37)51-27-52-48)26-56-17-15-33(29-4-5-29)21-42(56)31-8-10-32(11-9-31)49(57)58/h8-13,18-19,23-24,27,29-30,33-34,42-43H,4-7,14-17,20-22,25-26H2,1-3H3,(H,51,52)(H,53,54)(H,57,58)(H,59,60)/t33-,34?,42-,43?/m0/s1. The maximum Gasteiger partial charge on any atom is 0.335 e. The quantitative estimate of drug-likeness (QED) is 0.0834. The van der Waals surface area contributed by atoms with Gasteiger partial charge >= 0.3 is 11.9 Å². The Bertz CT molecular complexity index is 2640. The van der Waals surface area contributed by atoms with Crippen molar-refractivity contribution < 1.29 is 29.3 Å². The fourth-order valence-corrected chi connectivity index (χ4v) is 11.1. The number of nitrogens with zero attached hydrogens (tertiary/aromatic N) is 4. The SMILES string of the molecule is COc1cc(C)c2[nH]ncc2c1CN1CCC(C2CC2)CC1c1ccc(C(=O)O)c(Cc2cc(OC)c(CN3CC[C@H](C4CC4)C[C@H]3c3ccc(C(=O)O)cc3)c3[nH]cnc23)c1. The third-order valence-corrected chi connectivity index (χ3v) is 14.8. The highest BCUT2D eigenvalue weighted by Gasteiger charge is 2.40. The fraction of sp³-hybridized carbons (Fsp3) is 0.440. The second-order valence-electron chi connectivity index (χ2n) is 18.4. The summed E-state index contributed by atoms with van der Waals surface area (Å²) in [6.07, 6.45) is 13.5. The van der Waals surface area contributed by atoms with Crippen molar-refractivity contribution in [2.24, 2.45) is 23.7 Å². The molecule has 12 heteroatoms. The molecule has 4 aromatic carbocycles. The first kappa shape index (κ1) is 40.4. The Morgan fingerprint density at radius 2 is 1.35 bits per heavy atom. The Balaban J connectivity index is 0.978. The van der Waals surface area contributed by atoms with Crippen LogP contribution in [0.5, 0.6) is 11.5 Å². The molecular weight excluding hydrogens is 781 g/mol. The molecule has 4 fully saturated rings. The van der Waals surface area contributed by atoms with Crippen LogP contribution in [0.4, 0.5) is 0 Å². The van der Waals surface area contributed by atoms with E-state index in [0.717, 1.165) is 123 Å². The topological polar surface area (TPSA) is 157 Å². The number of H-pyrrole nitrogens is 2. The number of imidazole rings is 1. The number of likely N-dealkylation sites (tertiary alicyclic amines) is 2. The van der Waals surface area contributed by atoms with Crippen LogP contribution in [0.3, 0.4) is 0 Å². The van der Waals surface area contributed by atoms with Crippen LogP contribution in [0.2, 0.25) is 0 Å². The number of piperidine rings is 2. The first-order chi connectivity index (χ1) is 30.2. The fourth-order valence-electron chi connectivity index (χ4n) is 11.1. The van der Waals surface area contributed by atoms with Gasteiger partial charge in [0.2, 0.25) is 0 Å². The number of aromatic amines is 2. The van der Waals surface area contributed by atoms with Crippen molar-refractivity contribution in [2.45, 2.75) is 89.9 Å². The summed E-state index contributed by atoms with van der Waals surface area (Å²) in [4.78, 5) is 38.0. The molecule has 2 unspecified atom stereocenters. The number of aromatic carboxylic acids is 2. The van der Waals surface area contributed by atoms with E-state index in [4.69, 9.17) is 14.5 Å². The van der Waals surface area contributed by atoms with E-state index in [1.807, 2.05) is 24.4 Å². The Morgan fingerprint density at radius 1 is 0.726 bits per heavy atom. The highest BCUT2D eigenvalue weighted by Crippen LogP contribution is 2.49. The van der Waals surface area contributed by atoms with Gasteiger partial charge in [-0.05, 0) is 153 Å². The van der Waals surface area contributed by atoms with E-state index < -0.39 is 11.9 Å². The summed E-state index contributed by atoms with van der Waals surface area (Å²) in [6, 6.07) is 17.8. The number of methoxy groups -OCH3 is 2. The van der Waals surface area contributed by atoms with E-state index >= 15 is 0 Å². The average molecular weight is 837 g/mol. The highest BCUT2D eigenvalue weighted by atomic mass is 16.5. The van der Waals surface area contributed by atoms with Crippen molar-refractivity contribution in [3.05, 3.63) is 117 Å². The number of aromatic nitrogens is 4. The smallest absolute Gasteiger partial charge is 0.335 e. The van der Waals surface area contributed by atoms with Crippen LogP contribution in [0.25, 0.3) is 21.9 Å². The molecule has 62 heavy (non-hydrogen) atoms. The van der Waals surface area contributed by atoms with Crippen LogP contribution < -0.4 is 9.47 Å². The van der Waals surface area contributed by atoms with Gasteiger partial charge in [0.25, 0.3) is 0 Å². The molecule has 10 rings (SSSR count). The van der Waals surface area contributed by atoms with E-state index in [9.17, 15) is 19.8 Å². The van der Waals surface area contributed by atoms with E-state index in [0.29, 0.717) is 36.9 Å². The number of hydrogen-bond donors (Lipinski definition) is 4. The molecule has 2 saturated carbocycles. The number of nitrogens with one attached hydrogen (secondary N) is 2. The number of aryl methyl sites for hydroxylation is 1. The number of carboxylic acid groups (broad SMARTS) is 2. The molecule has 2 aliphatic carbocycles. The highest BCUT2D eigenvalue weighted by molar-refractivity contribution is 5.91. The summed E-state index contributed by atoms with van der Waals surface area (Å²) in [5.41, 5.74) is 10.4. The minimum atomic E-state index is -0.950. The summed E-state index contributed by atoms with van der Waals surface area (Å²) < 4.78 is 12.1. The molecule has 4 aliphatic rings. The van der Waals surface area contributed by atoms with Crippen molar-refractivity contribution in [2.75, 3.05) is 27.3 Å². The largest absolute Gasteiger partial charge is 0.496 e. The van der Waals surface area contributed by atoms with Gasteiger partial charge in [-0.15, -0.1) is 0 Å². The summed E-state index contributed by atoms with van der Waals surface area (Å²) >= 11 is 0. The maximum absolute atomic E-state index is 12.9. The minimum Gasteiger partial charge on any atom is -0.496 e. The second kappa shape index (κ2) is 16.5. The molecule has 4 N–H and O–H groups in total. The Morgan fingerprint density at radius 3 is 1.98 bits per heavy atom. The second-order valence-corrected chi connectivity index (χ2v) is 18.4. The zero-order valence-corrected chi connectivity index (χ0v) is 35.8. The summed E-state index contributed by atoms with van der Waals surface area (Å²) in [7, 11) is 3.43. The van der Waals surface area contributed by atoms with E-state index in [2.05, 4.69) is 50.1 Å². The van der Waals surface area contributed by atoms with Crippen molar-refractivity contribution in [1.29, 1.82) is 0 Å². The molecule has 0 spiro atoms. The van der Waals surface area contributed by atoms with Crippen LogP contribution in [-0.4, -0.2) is 79.4 Å². The number of carboxylic acids is 2. The molecule has 2 aromatic heterocycles. The number of benzene rings is 4. The lowest BCUT2D eigenvalue weighted by Crippen LogP contribution is -2.37. The van der Waals surface area contributed by atoms with Crippen molar-refractivity contribution in [1.82, 2.24) is 30.0 Å². The lowest BCUT2D eigenvalue weighted by atomic mass is 9.82. The van der Waals surface area contributed by atoms with Crippen LogP contribution >= 0.6 is 0 Å². The predicted molar refractivity (Wildman–Crippen MR) is 237 cm³/mol. The normalized spacial score (nSPS) is 22.3. The molecule has 4 atom stereocenters. The monoisotopic (exact) mass is 836 g/mol. The zero-order valence-electron chi connectivity index (χ0n) is 35.8. The number of ether oxygens (including phenoxy) is 2. The molecule has 0 amide bonds. The van der Waals surface area contributed by atoms with Gasteiger partial charge in [-0.1, -0.05) is 24.3 Å². The van der Waals surface area contributed by atoms with Gasteiger partial charge in [-0.25, -0.2) is 14.6 Å². The molecule has 4 heterocycles. The Hall–Kier alpha value is -5.72. The van der Waals surface area contributed by atoms with Crippen LogP contribution in [0.1, 0.15) is 123 Å². The molecule has 0 bridgehead atoms.